The van der Waals surface area contributed by atoms with Crippen LogP contribution in [0.15, 0.2) is 17.1 Å². The molecule has 114 valence electrons. The van der Waals surface area contributed by atoms with Crippen LogP contribution in [-0.4, -0.2) is 48.7 Å². The number of benzene rings is 1. The van der Waals surface area contributed by atoms with E-state index < -0.39 is 0 Å². The summed E-state index contributed by atoms with van der Waals surface area (Å²) in [7, 11) is 0. The highest BCUT2D eigenvalue weighted by molar-refractivity contribution is 7.99. The molecular weight excluding hydrogens is 310 g/mol. The number of hydrogen-bond acceptors (Lipinski definition) is 4. The lowest BCUT2D eigenvalue weighted by molar-refractivity contribution is 0.171. The molecule has 2 aliphatic rings. The molecule has 5 nitrogen and oxygen atoms in total. The van der Waals surface area contributed by atoms with Crippen LogP contribution in [0.25, 0.3) is 0 Å². The van der Waals surface area contributed by atoms with Crippen molar-refractivity contribution in [3.63, 3.8) is 0 Å². The van der Waals surface area contributed by atoms with E-state index in [0.717, 1.165) is 30.2 Å². The third-order valence-electron chi connectivity index (χ3n) is 3.42. The van der Waals surface area contributed by atoms with Crippen molar-refractivity contribution in [1.82, 2.24) is 4.90 Å². The van der Waals surface area contributed by atoms with E-state index in [-0.39, 0.29) is 0 Å². The molecule has 0 saturated carbocycles. The SMILES string of the molecule is NC(=NCc1cc(Cl)c2c(c1)OCCO2)N1CCSCC1. The van der Waals surface area contributed by atoms with E-state index in [2.05, 4.69) is 9.89 Å². The van der Waals surface area contributed by atoms with E-state index in [9.17, 15) is 0 Å². The van der Waals surface area contributed by atoms with Crippen molar-refractivity contribution in [2.75, 3.05) is 37.8 Å². The second-order valence-corrected chi connectivity index (χ2v) is 6.51. The maximum Gasteiger partial charge on any atom is 0.191 e. The van der Waals surface area contributed by atoms with Gasteiger partial charge in [-0.25, -0.2) is 4.99 Å². The number of hydrogen-bond donors (Lipinski definition) is 1. The van der Waals surface area contributed by atoms with E-state index in [1.54, 1.807) is 0 Å². The lowest BCUT2D eigenvalue weighted by Crippen LogP contribution is -2.42. The molecular formula is C14H18ClN3O2S. The second kappa shape index (κ2) is 6.66. The monoisotopic (exact) mass is 327 g/mol. The quantitative estimate of drug-likeness (QED) is 0.665. The van der Waals surface area contributed by atoms with Crippen LogP contribution in [-0.2, 0) is 6.54 Å². The van der Waals surface area contributed by atoms with Crippen molar-refractivity contribution in [2.45, 2.75) is 6.54 Å². The fourth-order valence-electron chi connectivity index (χ4n) is 2.32. The fraction of sp³-hybridized carbons (Fsp3) is 0.500. The highest BCUT2D eigenvalue weighted by Crippen LogP contribution is 2.38. The molecule has 0 unspecified atom stereocenters. The van der Waals surface area contributed by atoms with E-state index in [1.807, 2.05) is 23.9 Å². The minimum Gasteiger partial charge on any atom is -0.486 e. The maximum atomic E-state index is 6.21. The number of fused-ring (bicyclic) bond motifs is 1. The van der Waals surface area contributed by atoms with E-state index >= 15 is 0 Å². The summed E-state index contributed by atoms with van der Waals surface area (Å²) < 4.78 is 11.1. The molecule has 1 saturated heterocycles. The van der Waals surface area contributed by atoms with Crippen molar-refractivity contribution in [2.24, 2.45) is 10.7 Å². The fourth-order valence-corrected chi connectivity index (χ4v) is 3.51. The number of aliphatic imine (C=N–C) groups is 1. The Morgan fingerprint density at radius 3 is 2.86 bits per heavy atom. The highest BCUT2D eigenvalue weighted by Gasteiger charge is 2.17. The predicted molar refractivity (Wildman–Crippen MR) is 86.7 cm³/mol. The Balaban J connectivity index is 1.71. The average molecular weight is 328 g/mol. The summed E-state index contributed by atoms with van der Waals surface area (Å²) in [6.45, 7) is 3.49. The third-order valence-corrected chi connectivity index (χ3v) is 4.64. The Hall–Kier alpha value is -1.27. The van der Waals surface area contributed by atoms with Crippen molar-refractivity contribution in [1.29, 1.82) is 0 Å². The van der Waals surface area contributed by atoms with Crippen molar-refractivity contribution < 1.29 is 9.47 Å². The Bertz CT molecular complexity index is 547. The zero-order chi connectivity index (χ0) is 14.7. The van der Waals surface area contributed by atoms with E-state index in [0.29, 0.717) is 42.2 Å². The Morgan fingerprint density at radius 2 is 2.05 bits per heavy atom. The largest absolute Gasteiger partial charge is 0.486 e. The molecule has 2 heterocycles. The summed E-state index contributed by atoms with van der Waals surface area (Å²) in [5.74, 6) is 4.11. The van der Waals surface area contributed by atoms with Gasteiger partial charge in [-0.1, -0.05) is 11.6 Å². The number of guanidine groups is 1. The first kappa shape index (κ1) is 14.7. The molecule has 0 atom stereocenters. The van der Waals surface area contributed by atoms with Crippen LogP contribution in [0.3, 0.4) is 0 Å². The number of nitrogens with zero attached hydrogens (tertiary/aromatic N) is 2. The van der Waals surface area contributed by atoms with Gasteiger partial charge in [-0.3, -0.25) is 0 Å². The minimum absolute atomic E-state index is 0.492. The molecule has 0 bridgehead atoms. The molecule has 2 N–H and O–H groups in total. The second-order valence-electron chi connectivity index (χ2n) is 4.88. The van der Waals surface area contributed by atoms with Gasteiger partial charge in [0.25, 0.3) is 0 Å². The summed E-state index contributed by atoms with van der Waals surface area (Å²) in [5.41, 5.74) is 7.02. The topological polar surface area (TPSA) is 60.1 Å². The molecule has 2 aliphatic heterocycles. The minimum atomic E-state index is 0.492. The Labute approximate surface area is 133 Å². The predicted octanol–water partition coefficient (Wildman–Crippen LogP) is 1.97. The van der Waals surface area contributed by atoms with Crippen molar-refractivity contribution >= 4 is 29.3 Å². The first-order valence-corrected chi connectivity index (χ1v) is 8.48. The molecule has 0 spiro atoms. The molecule has 0 aliphatic carbocycles. The number of rotatable bonds is 2. The van der Waals surface area contributed by atoms with Gasteiger partial charge in [0.2, 0.25) is 0 Å². The smallest absolute Gasteiger partial charge is 0.191 e. The van der Waals surface area contributed by atoms with Gasteiger partial charge in [-0.15, -0.1) is 0 Å². The van der Waals surface area contributed by atoms with Crippen LogP contribution < -0.4 is 15.2 Å². The molecule has 1 aromatic rings. The molecule has 7 heteroatoms. The molecule has 21 heavy (non-hydrogen) atoms. The number of nitrogens with two attached hydrogens (primary N) is 1. The number of halogens is 1. The van der Waals surface area contributed by atoms with E-state index in [1.165, 1.54) is 0 Å². The molecule has 3 rings (SSSR count). The average Bonchev–Trinajstić information content (AvgIpc) is 2.53. The Kier molecular flexibility index (Phi) is 4.65. The summed E-state index contributed by atoms with van der Waals surface area (Å²) in [6.07, 6.45) is 0. The molecule has 1 aromatic carbocycles. The first-order valence-electron chi connectivity index (χ1n) is 6.94. The molecule has 0 radical (unpaired) electrons. The van der Waals surface area contributed by atoms with Crippen LogP contribution in [0.2, 0.25) is 5.02 Å². The summed E-state index contributed by atoms with van der Waals surface area (Å²) in [5, 5.41) is 0.561. The lowest BCUT2D eigenvalue weighted by atomic mass is 10.2. The Morgan fingerprint density at radius 1 is 1.29 bits per heavy atom. The van der Waals surface area contributed by atoms with Crippen molar-refractivity contribution in [3.05, 3.63) is 22.7 Å². The molecule has 0 amide bonds. The third kappa shape index (κ3) is 3.49. The van der Waals surface area contributed by atoms with Gasteiger partial charge < -0.3 is 20.1 Å². The van der Waals surface area contributed by atoms with Crippen LogP contribution in [0.4, 0.5) is 0 Å². The van der Waals surface area contributed by atoms with Crippen LogP contribution in [0, 0.1) is 0 Å². The first-order chi connectivity index (χ1) is 10.2. The van der Waals surface area contributed by atoms with Crippen LogP contribution in [0.5, 0.6) is 11.5 Å². The number of ether oxygens (including phenoxy) is 2. The molecule has 0 aromatic heterocycles. The van der Waals surface area contributed by atoms with Gasteiger partial charge >= 0.3 is 0 Å². The maximum absolute atomic E-state index is 6.21. The van der Waals surface area contributed by atoms with Gasteiger partial charge in [0.05, 0.1) is 11.6 Å². The van der Waals surface area contributed by atoms with Crippen molar-refractivity contribution in [3.8, 4) is 11.5 Å². The van der Waals surface area contributed by atoms with Gasteiger partial charge in [0.15, 0.2) is 17.5 Å². The number of thioether (sulfide) groups is 1. The van der Waals surface area contributed by atoms with E-state index in [4.69, 9.17) is 26.8 Å². The highest BCUT2D eigenvalue weighted by atomic mass is 35.5. The summed E-state index contributed by atoms with van der Waals surface area (Å²) >= 11 is 8.16. The van der Waals surface area contributed by atoms with Gasteiger partial charge in [0, 0.05) is 24.6 Å². The standard InChI is InChI=1S/C14H18ClN3O2S/c15-11-7-10(8-12-13(11)20-4-3-19-12)9-17-14(16)18-1-5-21-6-2-18/h7-8H,1-6,9H2,(H2,16,17). The lowest BCUT2D eigenvalue weighted by Gasteiger charge is -2.27. The van der Waals surface area contributed by atoms with Crippen LogP contribution in [0.1, 0.15) is 5.56 Å². The van der Waals surface area contributed by atoms with Gasteiger partial charge in [0.1, 0.15) is 13.2 Å². The van der Waals surface area contributed by atoms with Gasteiger partial charge in [-0.05, 0) is 17.7 Å². The van der Waals surface area contributed by atoms with Gasteiger partial charge in [-0.2, -0.15) is 11.8 Å². The normalized spacial score (nSPS) is 18.7. The zero-order valence-corrected chi connectivity index (χ0v) is 13.3. The summed E-state index contributed by atoms with van der Waals surface area (Å²) in [4.78, 5) is 6.59. The molecule has 1 fully saturated rings. The zero-order valence-electron chi connectivity index (χ0n) is 11.7. The van der Waals surface area contributed by atoms with Crippen LogP contribution >= 0.6 is 23.4 Å². The summed E-state index contributed by atoms with van der Waals surface area (Å²) in [6, 6.07) is 3.78.